The Labute approximate surface area is 132 Å². The highest BCUT2D eigenvalue weighted by molar-refractivity contribution is 9.10. The molecule has 0 fully saturated rings. The first-order valence-electron chi connectivity index (χ1n) is 6.59. The van der Waals surface area contributed by atoms with E-state index in [2.05, 4.69) is 21.2 Å². The number of rotatable bonds is 5. The molecule has 0 saturated heterocycles. The quantitative estimate of drug-likeness (QED) is 0.644. The zero-order chi connectivity index (χ0) is 15.2. The number of amides is 1. The van der Waals surface area contributed by atoms with Crippen LogP contribution in [0, 0.1) is 6.92 Å². The third-order valence-electron chi connectivity index (χ3n) is 2.93. The Hall–Kier alpha value is -2.01. The highest BCUT2D eigenvalue weighted by Gasteiger charge is 2.09. The van der Waals surface area contributed by atoms with Crippen LogP contribution in [0.15, 0.2) is 46.9 Å². The molecule has 2 aromatic rings. The highest BCUT2D eigenvalue weighted by atomic mass is 79.9. The minimum absolute atomic E-state index is 0.133. The van der Waals surface area contributed by atoms with Crippen molar-refractivity contribution in [2.75, 3.05) is 18.9 Å². The number of nitrogens with two attached hydrogens (primary N) is 1. The van der Waals surface area contributed by atoms with Crippen molar-refractivity contribution in [3.63, 3.8) is 0 Å². The molecular formula is C16H17BrN2O2. The summed E-state index contributed by atoms with van der Waals surface area (Å²) in [4.78, 5) is 12.0. The van der Waals surface area contributed by atoms with Crippen LogP contribution >= 0.6 is 15.9 Å². The summed E-state index contributed by atoms with van der Waals surface area (Å²) in [5, 5.41) is 2.81. The summed E-state index contributed by atoms with van der Waals surface area (Å²) < 4.78 is 6.31. The van der Waals surface area contributed by atoms with Crippen LogP contribution < -0.4 is 15.8 Å². The number of halogens is 1. The van der Waals surface area contributed by atoms with Gasteiger partial charge in [-0.3, -0.25) is 4.79 Å². The van der Waals surface area contributed by atoms with Crippen molar-refractivity contribution >= 4 is 27.5 Å². The third kappa shape index (κ3) is 4.23. The molecule has 0 atom stereocenters. The molecule has 0 aromatic heterocycles. The lowest BCUT2D eigenvalue weighted by molar-refractivity contribution is 0.0946. The zero-order valence-corrected chi connectivity index (χ0v) is 13.3. The Morgan fingerprint density at radius 2 is 2.05 bits per heavy atom. The first kappa shape index (κ1) is 15.4. The summed E-state index contributed by atoms with van der Waals surface area (Å²) in [5.41, 5.74) is 8.07. The molecule has 110 valence electrons. The van der Waals surface area contributed by atoms with E-state index in [0.29, 0.717) is 30.2 Å². The average Bonchev–Trinajstić information content (AvgIpc) is 2.45. The van der Waals surface area contributed by atoms with Gasteiger partial charge in [-0.1, -0.05) is 18.2 Å². The van der Waals surface area contributed by atoms with Crippen LogP contribution in [0.4, 0.5) is 5.69 Å². The minimum Gasteiger partial charge on any atom is -0.490 e. The molecule has 0 aliphatic rings. The van der Waals surface area contributed by atoms with Gasteiger partial charge in [0.25, 0.3) is 5.91 Å². The number of hydrogen-bond donors (Lipinski definition) is 2. The van der Waals surface area contributed by atoms with Crippen molar-refractivity contribution in [1.82, 2.24) is 5.32 Å². The van der Waals surface area contributed by atoms with E-state index in [0.717, 1.165) is 10.0 Å². The summed E-state index contributed by atoms with van der Waals surface area (Å²) in [6.45, 7) is 2.75. The van der Waals surface area contributed by atoms with Crippen molar-refractivity contribution in [1.29, 1.82) is 0 Å². The minimum atomic E-state index is -0.133. The Morgan fingerprint density at radius 1 is 1.29 bits per heavy atom. The van der Waals surface area contributed by atoms with Crippen LogP contribution in [0.1, 0.15) is 15.9 Å². The highest BCUT2D eigenvalue weighted by Crippen LogP contribution is 2.20. The Balaban J connectivity index is 1.83. The molecule has 0 aliphatic heterocycles. The van der Waals surface area contributed by atoms with E-state index in [1.54, 1.807) is 18.2 Å². The van der Waals surface area contributed by atoms with Crippen LogP contribution in [-0.2, 0) is 0 Å². The van der Waals surface area contributed by atoms with E-state index in [1.165, 1.54) is 0 Å². The summed E-state index contributed by atoms with van der Waals surface area (Å²) in [5.74, 6) is 0.495. The molecule has 0 radical (unpaired) electrons. The third-order valence-corrected chi connectivity index (χ3v) is 3.59. The lowest BCUT2D eigenvalue weighted by atomic mass is 10.1. The van der Waals surface area contributed by atoms with Crippen LogP contribution in [0.3, 0.4) is 0 Å². The van der Waals surface area contributed by atoms with E-state index in [9.17, 15) is 4.79 Å². The monoisotopic (exact) mass is 348 g/mol. The van der Waals surface area contributed by atoms with Crippen molar-refractivity contribution in [3.8, 4) is 5.75 Å². The molecule has 0 saturated carbocycles. The normalized spacial score (nSPS) is 10.2. The van der Waals surface area contributed by atoms with Gasteiger partial charge >= 0.3 is 0 Å². The van der Waals surface area contributed by atoms with Gasteiger partial charge in [0.2, 0.25) is 0 Å². The Kier molecular flexibility index (Phi) is 5.22. The average molecular weight is 349 g/mol. The largest absolute Gasteiger partial charge is 0.490 e. The molecule has 2 aromatic carbocycles. The number of aryl methyl sites for hydroxylation is 1. The molecule has 2 rings (SSSR count). The second-order valence-corrected chi connectivity index (χ2v) is 5.48. The molecule has 0 spiro atoms. The SMILES string of the molecule is Cc1ccc(C(=O)NCCOc2ccccc2N)c(Br)c1. The van der Waals surface area contributed by atoms with Crippen LogP contribution in [0.5, 0.6) is 5.75 Å². The maximum atomic E-state index is 12.0. The standard InChI is InChI=1S/C16H17BrN2O2/c1-11-6-7-12(13(17)10-11)16(20)19-8-9-21-15-5-3-2-4-14(15)18/h2-7,10H,8-9,18H2,1H3,(H,19,20). The molecule has 3 N–H and O–H groups in total. The summed E-state index contributed by atoms with van der Waals surface area (Å²) in [7, 11) is 0. The number of anilines is 1. The fourth-order valence-electron chi connectivity index (χ4n) is 1.84. The zero-order valence-electron chi connectivity index (χ0n) is 11.7. The predicted molar refractivity (Wildman–Crippen MR) is 87.6 cm³/mol. The molecule has 0 aliphatic carbocycles. The molecule has 0 heterocycles. The number of nitrogen functional groups attached to an aromatic ring is 1. The van der Waals surface area contributed by atoms with Gasteiger partial charge in [-0.05, 0) is 52.7 Å². The van der Waals surface area contributed by atoms with Crippen molar-refractivity contribution in [2.45, 2.75) is 6.92 Å². The number of carbonyl (C=O) groups is 1. The van der Waals surface area contributed by atoms with Gasteiger partial charge < -0.3 is 15.8 Å². The van der Waals surface area contributed by atoms with Gasteiger partial charge in [0.15, 0.2) is 0 Å². The molecule has 21 heavy (non-hydrogen) atoms. The number of nitrogens with one attached hydrogen (secondary N) is 1. The maximum absolute atomic E-state index is 12.0. The van der Waals surface area contributed by atoms with Crippen molar-refractivity contribution < 1.29 is 9.53 Å². The van der Waals surface area contributed by atoms with Gasteiger partial charge in [-0.15, -0.1) is 0 Å². The second-order valence-electron chi connectivity index (χ2n) is 4.63. The lowest BCUT2D eigenvalue weighted by Gasteiger charge is -2.10. The van der Waals surface area contributed by atoms with Gasteiger partial charge in [-0.25, -0.2) is 0 Å². The summed E-state index contributed by atoms with van der Waals surface area (Å²) in [6, 6.07) is 12.9. The van der Waals surface area contributed by atoms with E-state index in [4.69, 9.17) is 10.5 Å². The van der Waals surface area contributed by atoms with Crippen LogP contribution in [-0.4, -0.2) is 19.1 Å². The number of ether oxygens (including phenoxy) is 1. The first-order valence-corrected chi connectivity index (χ1v) is 7.39. The molecule has 0 bridgehead atoms. The topological polar surface area (TPSA) is 64.3 Å². The molecule has 5 heteroatoms. The smallest absolute Gasteiger partial charge is 0.252 e. The van der Waals surface area contributed by atoms with Crippen LogP contribution in [0.25, 0.3) is 0 Å². The first-order chi connectivity index (χ1) is 10.1. The summed E-state index contributed by atoms with van der Waals surface area (Å²) >= 11 is 3.39. The predicted octanol–water partition coefficient (Wildman–Crippen LogP) is 3.15. The van der Waals surface area contributed by atoms with Crippen molar-refractivity contribution in [2.24, 2.45) is 0 Å². The molecule has 4 nitrogen and oxygen atoms in total. The van der Waals surface area contributed by atoms with Crippen LogP contribution in [0.2, 0.25) is 0 Å². The number of para-hydroxylation sites is 2. The Morgan fingerprint density at radius 3 is 2.76 bits per heavy atom. The van der Waals surface area contributed by atoms with E-state index in [-0.39, 0.29) is 5.91 Å². The fourth-order valence-corrected chi connectivity index (χ4v) is 2.51. The van der Waals surface area contributed by atoms with E-state index >= 15 is 0 Å². The van der Waals surface area contributed by atoms with Crippen molar-refractivity contribution in [3.05, 3.63) is 58.1 Å². The second kappa shape index (κ2) is 7.13. The van der Waals surface area contributed by atoms with Gasteiger partial charge in [0.1, 0.15) is 12.4 Å². The fraction of sp³-hybridized carbons (Fsp3) is 0.188. The molecular weight excluding hydrogens is 332 g/mol. The maximum Gasteiger partial charge on any atom is 0.252 e. The van der Waals surface area contributed by atoms with Gasteiger partial charge in [0, 0.05) is 4.47 Å². The van der Waals surface area contributed by atoms with Gasteiger partial charge in [0.05, 0.1) is 17.8 Å². The van der Waals surface area contributed by atoms with Gasteiger partial charge in [-0.2, -0.15) is 0 Å². The number of carbonyl (C=O) groups excluding carboxylic acids is 1. The number of benzene rings is 2. The lowest BCUT2D eigenvalue weighted by Crippen LogP contribution is -2.28. The van der Waals surface area contributed by atoms with E-state index < -0.39 is 0 Å². The number of hydrogen-bond acceptors (Lipinski definition) is 3. The Bertz CT molecular complexity index is 644. The van der Waals surface area contributed by atoms with E-state index in [1.807, 2.05) is 31.2 Å². The molecule has 1 amide bonds. The molecule has 0 unspecified atom stereocenters. The summed E-state index contributed by atoms with van der Waals surface area (Å²) in [6.07, 6.45) is 0.